The molecule has 0 N–H and O–H groups in total. The lowest BCUT2D eigenvalue weighted by Crippen LogP contribution is -2.31. The zero-order chi connectivity index (χ0) is 22.0. The molecule has 1 atom stereocenters. The normalized spacial score (nSPS) is 15.6. The Kier molecular flexibility index (Phi) is 5.31. The number of halogens is 3. The Labute approximate surface area is 172 Å². The van der Waals surface area contributed by atoms with Crippen molar-refractivity contribution in [1.82, 2.24) is 19.5 Å². The van der Waals surface area contributed by atoms with Crippen LogP contribution in [0, 0.1) is 10.1 Å². The molecule has 2 aromatic heterocycles. The van der Waals surface area contributed by atoms with Crippen molar-refractivity contribution < 1.29 is 32.3 Å². The van der Waals surface area contributed by atoms with Crippen molar-refractivity contribution in [2.45, 2.75) is 25.4 Å². The smallest absolute Gasteiger partial charge is 0.486 e. The summed E-state index contributed by atoms with van der Waals surface area (Å²) in [6.07, 6.45) is -0.358. The van der Waals surface area contributed by atoms with Gasteiger partial charge in [0.15, 0.2) is 11.6 Å². The fraction of sp³-hybridized carbons (Fsp3) is 0.278. The third kappa shape index (κ3) is 4.99. The van der Waals surface area contributed by atoms with Crippen molar-refractivity contribution in [1.29, 1.82) is 0 Å². The standard InChI is InChI=1S/C18H14F3N5O5/c19-18(20,21)31-12-3-1-11(2-4-12)16-22-7-14(8-23-16)29-10-13-5-6-25-9-15(26(27)28)24-17(25)30-13/h1-4,7-9,13H,5-6,10H2. The van der Waals surface area contributed by atoms with Crippen molar-refractivity contribution in [3.05, 3.63) is 53.0 Å². The number of ether oxygens (including phenoxy) is 3. The van der Waals surface area contributed by atoms with Gasteiger partial charge in [0.2, 0.25) is 0 Å². The largest absolute Gasteiger partial charge is 0.573 e. The molecule has 0 saturated heterocycles. The number of hydrogen-bond acceptors (Lipinski definition) is 8. The molecule has 3 aromatic rings. The molecule has 0 fully saturated rings. The summed E-state index contributed by atoms with van der Waals surface area (Å²) in [5.74, 6) is 0.0478. The van der Waals surface area contributed by atoms with Gasteiger partial charge in [0.1, 0.15) is 24.7 Å². The van der Waals surface area contributed by atoms with Crippen molar-refractivity contribution in [3.8, 4) is 28.9 Å². The maximum Gasteiger partial charge on any atom is 0.573 e. The van der Waals surface area contributed by atoms with Crippen molar-refractivity contribution in [3.63, 3.8) is 0 Å². The number of aryl methyl sites for hydroxylation is 1. The molecule has 13 heteroatoms. The van der Waals surface area contributed by atoms with Gasteiger partial charge in [0.25, 0.3) is 0 Å². The van der Waals surface area contributed by atoms with E-state index < -0.39 is 11.3 Å². The van der Waals surface area contributed by atoms with Crippen LogP contribution in [0.15, 0.2) is 42.9 Å². The number of rotatable bonds is 6. The van der Waals surface area contributed by atoms with Crippen molar-refractivity contribution in [2.24, 2.45) is 0 Å². The number of alkyl halides is 3. The van der Waals surface area contributed by atoms with Crippen LogP contribution in [0.25, 0.3) is 11.4 Å². The summed E-state index contributed by atoms with van der Waals surface area (Å²) in [7, 11) is 0. The van der Waals surface area contributed by atoms with Crippen molar-refractivity contribution >= 4 is 5.82 Å². The van der Waals surface area contributed by atoms with E-state index in [2.05, 4.69) is 19.7 Å². The van der Waals surface area contributed by atoms with Crippen LogP contribution < -0.4 is 14.2 Å². The van der Waals surface area contributed by atoms with E-state index >= 15 is 0 Å². The van der Waals surface area contributed by atoms with E-state index in [0.717, 1.165) is 0 Å². The maximum absolute atomic E-state index is 12.2. The van der Waals surface area contributed by atoms with Gasteiger partial charge < -0.3 is 24.3 Å². The second-order valence-corrected chi connectivity index (χ2v) is 6.49. The van der Waals surface area contributed by atoms with Crippen LogP contribution in [-0.2, 0) is 6.54 Å². The van der Waals surface area contributed by atoms with Gasteiger partial charge in [0.05, 0.1) is 12.4 Å². The topological polar surface area (TPSA) is 114 Å². The minimum Gasteiger partial charge on any atom is -0.486 e. The molecule has 0 amide bonds. The average molecular weight is 437 g/mol. The quantitative estimate of drug-likeness (QED) is 0.426. The first kappa shape index (κ1) is 20.4. The van der Waals surface area contributed by atoms with Crippen LogP contribution >= 0.6 is 0 Å². The number of fused-ring (bicyclic) bond motifs is 1. The number of benzene rings is 1. The molecule has 0 aliphatic carbocycles. The summed E-state index contributed by atoms with van der Waals surface area (Å²) in [5.41, 5.74) is 0.505. The summed E-state index contributed by atoms with van der Waals surface area (Å²) in [6.45, 7) is 0.667. The lowest BCUT2D eigenvalue weighted by molar-refractivity contribution is -0.389. The van der Waals surface area contributed by atoms with Crippen LogP contribution in [0.5, 0.6) is 17.5 Å². The Morgan fingerprint density at radius 2 is 1.90 bits per heavy atom. The first-order valence-corrected chi connectivity index (χ1v) is 8.96. The predicted octanol–water partition coefficient (Wildman–Crippen LogP) is 3.38. The van der Waals surface area contributed by atoms with Crippen LogP contribution in [-0.4, -0.2) is 43.5 Å². The third-order valence-corrected chi connectivity index (χ3v) is 4.29. The molecule has 0 bridgehead atoms. The van der Waals surface area contributed by atoms with Gasteiger partial charge in [-0.15, -0.1) is 13.2 Å². The minimum atomic E-state index is -4.76. The van der Waals surface area contributed by atoms with E-state index in [0.29, 0.717) is 30.1 Å². The van der Waals surface area contributed by atoms with Crippen LogP contribution in [0.4, 0.5) is 19.0 Å². The number of imidazole rings is 1. The molecule has 0 radical (unpaired) electrons. The van der Waals surface area contributed by atoms with Gasteiger partial charge in [-0.25, -0.2) is 9.97 Å². The Morgan fingerprint density at radius 1 is 1.19 bits per heavy atom. The van der Waals surface area contributed by atoms with Crippen LogP contribution in [0.2, 0.25) is 0 Å². The SMILES string of the molecule is O=[N+]([O-])c1cn2c(n1)OC(COc1cnc(-c3ccc(OC(F)(F)F)cc3)nc1)CC2. The predicted molar refractivity (Wildman–Crippen MR) is 97.6 cm³/mol. The fourth-order valence-corrected chi connectivity index (χ4v) is 2.87. The van der Waals surface area contributed by atoms with E-state index in [1.807, 2.05) is 0 Å². The third-order valence-electron chi connectivity index (χ3n) is 4.29. The molecule has 1 aromatic carbocycles. The van der Waals surface area contributed by atoms with Gasteiger partial charge in [-0.1, -0.05) is 0 Å². The highest BCUT2D eigenvalue weighted by Crippen LogP contribution is 2.26. The number of nitro groups is 1. The van der Waals surface area contributed by atoms with Gasteiger partial charge in [-0.3, -0.25) is 4.57 Å². The minimum absolute atomic E-state index is 0.160. The summed E-state index contributed by atoms with van der Waals surface area (Å²) >= 11 is 0. The van der Waals surface area contributed by atoms with E-state index in [-0.39, 0.29) is 30.3 Å². The Morgan fingerprint density at radius 3 is 2.55 bits per heavy atom. The summed E-state index contributed by atoms with van der Waals surface area (Å²) in [5, 5.41) is 10.8. The van der Waals surface area contributed by atoms with Gasteiger partial charge >= 0.3 is 18.2 Å². The van der Waals surface area contributed by atoms with E-state index in [1.54, 1.807) is 4.57 Å². The molecule has 10 nitrogen and oxygen atoms in total. The molecular weight excluding hydrogens is 423 g/mol. The van der Waals surface area contributed by atoms with E-state index in [4.69, 9.17) is 9.47 Å². The van der Waals surface area contributed by atoms with Gasteiger partial charge in [-0.05, 0) is 29.2 Å². The summed E-state index contributed by atoms with van der Waals surface area (Å²) in [4.78, 5) is 22.3. The molecule has 162 valence electrons. The highest BCUT2D eigenvalue weighted by Gasteiger charge is 2.31. The first-order chi connectivity index (χ1) is 14.8. The zero-order valence-electron chi connectivity index (χ0n) is 15.7. The highest BCUT2D eigenvalue weighted by molar-refractivity contribution is 5.56. The number of hydrogen-bond donors (Lipinski definition) is 0. The number of aromatic nitrogens is 4. The lowest BCUT2D eigenvalue weighted by Gasteiger charge is -2.22. The van der Waals surface area contributed by atoms with E-state index in [9.17, 15) is 23.3 Å². The molecule has 4 rings (SSSR count). The molecule has 31 heavy (non-hydrogen) atoms. The molecular formula is C18H14F3N5O5. The second kappa shape index (κ2) is 8.08. The Balaban J connectivity index is 1.33. The molecule has 0 spiro atoms. The lowest BCUT2D eigenvalue weighted by atomic mass is 10.2. The Hall–Kier alpha value is -3.90. The molecule has 1 aliphatic rings. The second-order valence-electron chi connectivity index (χ2n) is 6.49. The summed E-state index contributed by atoms with van der Waals surface area (Å²) < 4.78 is 53.3. The summed E-state index contributed by atoms with van der Waals surface area (Å²) in [6, 6.07) is 5.33. The van der Waals surface area contributed by atoms with Crippen LogP contribution in [0.3, 0.4) is 0 Å². The van der Waals surface area contributed by atoms with Crippen LogP contribution in [0.1, 0.15) is 6.42 Å². The van der Waals surface area contributed by atoms with Gasteiger partial charge in [0, 0.05) is 23.5 Å². The average Bonchev–Trinajstić information content (AvgIpc) is 3.16. The molecule has 1 aliphatic heterocycles. The number of nitrogens with zero attached hydrogens (tertiary/aromatic N) is 5. The fourth-order valence-electron chi connectivity index (χ4n) is 2.87. The molecule has 3 heterocycles. The zero-order valence-corrected chi connectivity index (χ0v) is 15.7. The first-order valence-electron chi connectivity index (χ1n) is 8.96. The van der Waals surface area contributed by atoms with Crippen molar-refractivity contribution in [2.75, 3.05) is 6.61 Å². The van der Waals surface area contributed by atoms with E-state index in [1.165, 1.54) is 42.9 Å². The molecule has 1 unspecified atom stereocenters. The van der Waals surface area contributed by atoms with Gasteiger partial charge in [-0.2, -0.15) is 0 Å². The monoisotopic (exact) mass is 437 g/mol. The molecule has 0 saturated carbocycles. The maximum atomic E-state index is 12.2. The highest BCUT2D eigenvalue weighted by atomic mass is 19.4. The Bertz CT molecular complexity index is 1070.